The van der Waals surface area contributed by atoms with Gasteiger partial charge in [-0.2, -0.15) is 0 Å². The molecule has 1 aromatic rings. The zero-order valence-electron chi connectivity index (χ0n) is 11.9. The average molecular weight is 371 g/mol. The topological polar surface area (TPSA) is 20.3 Å². The van der Waals surface area contributed by atoms with E-state index in [1.807, 2.05) is 35.2 Å². The first kappa shape index (κ1) is 14.8. The minimum absolute atomic E-state index is 0.178. The van der Waals surface area contributed by atoms with E-state index in [9.17, 15) is 4.79 Å². The van der Waals surface area contributed by atoms with E-state index in [0.717, 1.165) is 23.1 Å². The normalized spacial score (nSPS) is 24.0. The zero-order valence-corrected chi connectivity index (χ0v) is 14.1. The van der Waals surface area contributed by atoms with Crippen molar-refractivity contribution in [3.8, 4) is 0 Å². The van der Waals surface area contributed by atoms with Crippen LogP contribution in [-0.4, -0.2) is 16.9 Å². The monoisotopic (exact) mass is 371 g/mol. The molecule has 1 aromatic carbocycles. The van der Waals surface area contributed by atoms with E-state index < -0.39 is 0 Å². The van der Waals surface area contributed by atoms with Crippen LogP contribution < -0.4 is 4.90 Å². The van der Waals surface area contributed by atoms with Crippen molar-refractivity contribution in [2.75, 3.05) is 15.9 Å². The highest BCUT2D eigenvalue weighted by Crippen LogP contribution is 2.37. The summed E-state index contributed by atoms with van der Waals surface area (Å²) in [6, 6.07) is 10.0. The summed E-state index contributed by atoms with van der Waals surface area (Å²) < 4.78 is 1.05. The van der Waals surface area contributed by atoms with Crippen LogP contribution in [0.3, 0.4) is 0 Å². The Balaban J connectivity index is 2.20. The molecule has 104 valence electrons. The Hall–Kier alpha value is -0.580. The van der Waals surface area contributed by atoms with Crippen LogP contribution in [-0.2, 0) is 4.79 Å². The predicted octanol–water partition coefficient (Wildman–Crippen LogP) is 4.14. The Bertz CT molecular complexity index is 438. The van der Waals surface area contributed by atoms with Gasteiger partial charge in [0.15, 0.2) is 0 Å². The summed E-state index contributed by atoms with van der Waals surface area (Å²) in [5.74, 6) is 0.965. The number of carbonyl (C=O) groups excluding carboxylic acids is 1. The summed E-state index contributed by atoms with van der Waals surface area (Å²) in [4.78, 5) is 14.6. The third-order valence-corrected chi connectivity index (χ3v) is 4.80. The number of carbonyl (C=O) groups is 1. The molecular weight excluding hydrogens is 349 g/mol. The van der Waals surface area contributed by atoms with Crippen LogP contribution in [0.25, 0.3) is 0 Å². The smallest absolute Gasteiger partial charge is 0.230 e. The SMILES string of the molecule is CC(C)(C)C[C@@H]1C(=O)N(c2ccccc2)C[C@H]1CI. The molecular formula is C16H22INO. The molecule has 0 radical (unpaired) electrons. The van der Waals surface area contributed by atoms with E-state index in [-0.39, 0.29) is 11.3 Å². The molecule has 1 amide bonds. The fraction of sp³-hybridized carbons (Fsp3) is 0.562. The first-order valence-corrected chi connectivity index (χ1v) is 8.37. The molecule has 3 heteroatoms. The van der Waals surface area contributed by atoms with Crippen molar-refractivity contribution in [1.29, 1.82) is 0 Å². The molecule has 19 heavy (non-hydrogen) atoms. The fourth-order valence-electron chi connectivity index (χ4n) is 2.76. The average Bonchev–Trinajstić information content (AvgIpc) is 2.66. The second-order valence-corrected chi connectivity index (χ2v) is 7.45. The van der Waals surface area contributed by atoms with Crippen molar-refractivity contribution in [1.82, 2.24) is 0 Å². The van der Waals surface area contributed by atoms with Gasteiger partial charge in [-0.3, -0.25) is 4.79 Å². The number of halogens is 1. The molecule has 2 nitrogen and oxygen atoms in total. The molecule has 0 unspecified atom stereocenters. The van der Waals surface area contributed by atoms with Gasteiger partial charge in [0.25, 0.3) is 0 Å². The predicted molar refractivity (Wildman–Crippen MR) is 88.7 cm³/mol. The molecule has 0 bridgehead atoms. The van der Waals surface area contributed by atoms with E-state index >= 15 is 0 Å². The Labute approximate surface area is 129 Å². The molecule has 1 aliphatic heterocycles. The van der Waals surface area contributed by atoms with Gasteiger partial charge in [0.2, 0.25) is 5.91 Å². The Kier molecular flexibility index (Phi) is 4.54. The lowest BCUT2D eigenvalue weighted by atomic mass is 9.80. The lowest BCUT2D eigenvalue weighted by molar-refractivity contribution is -0.121. The number of benzene rings is 1. The molecule has 1 saturated heterocycles. The summed E-state index contributed by atoms with van der Waals surface area (Å²) >= 11 is 2.42. The Morgan fingerprint density at radius 3 is 2.42 bits per heavy atom. The molecule has 2 atom stereocenters. The van der Waals surface area contributed by atoms with Gasteiger partial charge in [0, 0.05) is 22.6 Å². The van der Waals surface area contributed by atoms with Crippen molar-refractivity contribution in [3.63, 3.8) is 0 Å². The van der Waals surface area contributed by atoms with E-state index in [1.54, 1.807) is 0 Å². The van der Waals surface area contributed by atoms with Crippen LogP contribution in [0.4, 0.5) is 5.69 Å². The first-order chi connectivity index (χ1) is 8.92. The number of amides is 1. The molecule has 0 aromatic heterocycles. The highest BCUT2D eigenvalue weighted by molar-refractivity contribution is 14.1. The molecule has 1 heterocycles. The van der Waals surface area contributed by atoms with E-state index in [0.29, 0.717) is 11.8 Å². The minimum atomic E-state index is 0.178. The Morgan fingerprint density at radius 2 is 1.89 bits per heavy atom. The van der Waals surface area contributed by atoms with Crippen molar-refractivity contribution < 1.29 is 4.79 Å². The minimum Gasteiger partial charge on any atom is -0.312 e. The van der Waals surface area contributed by atoms with Crippen LogP contribution in [0, 0.1) is 17.3 Å². The quantitative estimate of drug-likeness (QED) is 0.578. The summed E-state index contributed by atoms with van der Waals surface area (Å²) in [7, 11) is 0. The number of rotatable bonds is 3. The van der Waals surface area contributed by atoms with E-state index in [4.69, 9.17) is 0 Å². The summed E-state index contributed by atoms with van der Waals surface area (Å²) in [6.45, 7) is 7.52. The van der Waals surface area contributed by atoms with Gasteiger partial charge < -0.3 is 4.90 Å². The third-order valence-electron chi connectivity index (χ3n) is 3.67. The van der Waals surface area contributed by atoms with Crippen LogP contribution in [0.15, 0.2) is 30.3 Å². The van der Waals surface area contributed by atoms with Gasteiger partial charge in [-0.15, -0.1) is 0 Å². The fourth-order valence-corrected chi connectivity index (χ4v) is 3.66. The molecule has 0 spiro atoms. The highest BCUT2D eigenvalue weighted by atomic mass is 127. The molecule has 0 saturated carbocycles. The third kappa shape index (κ3) is 3.50. The molecule has 2 rings (SSSR count). The Morgan fingerprint density at radius 1 is 1.26 bits per heavy atom. The van der Waals surface area contributed by atoms with Gasteiger partial charge in [0.1, 0.15) is 0 Å². The van der Waals surface area contributed by atoms with Crippen molar-refractivity contribution in [2.24, 2.45) is 17.3 Å². The number of alkyl halides is 1. The van der Waals surface area contributed by atoms with E-state index in [1.165, 1.54) is 0 Å². The van der Waals surface area contributed by atoms with Crippen LogP contribution >= 0.6 is 22.6 Å². The van der Waals surface area contributed by atoms with Crippen LogP contribution in [0.5, 0.6) is 0 Å². The van der Waals surface area contributed by atoms with Gasteiger partial charge in [-0.05, 0) is 29.9 Å². The van der Waals surface area contributed by atoms with Gasteiger partial charge in [-0.25, -0.2) is 0 Å². The number of para-hydroxylation sites is 1. The lowest BCUT2D eigenvalue weighted by Crippen LogP contribution is -2.28. The van der Waals surface area contributed by atoms with Crippen LogP contribution in [0.1, 0.15) is 27.2 Å². The van der Waals surface area contributed by atoms with Crippen LogP contribution in [0.2, 0.25) is 0 Å². The van der Waals surface area contributed by atoms with Crippen molar-refractivity contribution >= 4 is 34.2 Å². The largest absolute Gasteiger partial charge is 0.312 e. The molecule has 1 fully saturated rings. The van der Waals surface area contributed by atoms with Gasteiger partial charge >= 0.3 is 0 Å². The van der Waals surface area contributed by atoms with Crippen molar-refractivity contribution in [2.45, 2.75) is 27.2 Å². The summed E-state index contributed by atoms with van der Waals surface area (Å²) in [6.07, 6.45) is 0.975. The van der Waals surface area contributed by atoms with E-state index in [2.05, 4.69) is 43.4 Å². The zero-order chi connectivity index (χ0) is 14.0. The highest BCUT2D eigenvalue weighted by Gasteiger charge is 2.41. The maximum atomic E-state index is 12.7. The number of hydrogen-bond acceptors (Lipinski definition) is 1. The summed E-state index contributed by atoms with van der Waals surface area (Å²) in [5.41, 5.74) is 1.25. The maximum absolute atomic E-state index is 12.7. The molecule has 0 N–H and O–H groups in total. The molecule has 1 aliphatic rings. The second kappa shape index (κ2) is 5.81. The number of anilines is 1. The van der Waals surface area contributed by atoms with Gasteiger partial charge in [-0.1, -0.05) is 61.6 Å². The maximum Gasteiger partial charge on any atom is 0.230 e. The summed E-state index contributed by atoms with van der Waals surface area (Å²) in [5, 5.41) is 0. The number of hydrogen-bond donors (Lipinski definition) is 0. The van der Waals surface area contributed by atoms with Gasteiger partial charge in [0.05, 0.1) is 0 Å². The first-order valence-electron chi connectivity index (χ1n) is 6.85. The molecule has 0 aliphatic carbocycles. The second-order valence-electron chi connectivity index (χ2n) is 6.57. The number of nitrogens with zero attached hydrogens (tertiary/aromatic N) is 1. The van der Waals surface area contributed by atoms with Crippen molar-refractivity contribution in [3.05, 3.63) is 30.3 Å². The lowest BCUT2D eigenvalue weighted by Gasteiger charge is -2.24. The standard InChI is InChI=1S/C16H22INO/c1-16(2,3)9-14-12(10-17)11-18(15(14)19)13-7-5-4-6-8-13/h4-8,12,14H,9-11H2,1-3H3/t12-,14+/m1/s1.